The van der Waals surface area contributed by atoms with Gasteiger partial charge in [0.05, 0.1) is 15.1 Å². The minimum atomic E-state index is -4.89. The minimum absolute atomic E-state index is 0.0616. The maximum Gasteiger partial charge on any atom is 0.430 e. The highest BCUT2D eigenvalue weighted by Gasteiger charge is 2.48. The van der Waals surface area contributed by atoms with Gasteiger partial charge in [0.25, 0.3) is 0 Å². The summed E-state index contributed by atoms with van der Waals surface area (Å²) in [4.78, 5) is 11.2. The Morgan fingerprint density at radius 3 is 2.48 bits per heavy atom. The van der Waals surface area contributed by atoms with Crippen LogP contribution in [-0.2, 0) is 4.79 Å². The smallest absolute Gasteiger partial charge is 0.430 e. The normalized spacial score (nSPS) is 16.2. The Balaban J connectivity index is 2.02. The van der Waals surface area contributed by atoms with Crippen molar-refractivity contribution in [2.45, 2.75) is 12.3 Å². The summed E-state index contributed by atoms with van der Waals surface area (Å²) in [5, 5.41) is 9.14. The van der Waals surface area contributed by atoms with Gasteiger partial charge in [-0.05, 0) is 46.3 Å². The molecule has 10 heteroatoms. The van der Waals surface area contributed by atoms with Gasteiger partial charge in [0.2, 0.25) is 6.10 Å². The zero-order valence-corrected chi connectivity index (χ0v) is 16.9. The number of carboxylic acid groups (broad SMARTS) is 1. The molecule has 0 bridgehead atoms. The second-order valence-electron chi connectivity index (χ2n) is 5.44. The van der Waals surface area contributed by atoms with Crippen LogP contribution in [0.15, 0.2) is 44.9 Å². The first-order valence-corrected chi connectivity index (χ1v) is 9.17. The van der Waals surface area contributed by atoms with Gasteiger partial charge in [-0.2, -0.15) is 13.2 Å². The van der Waals surface area contributed by atoms with Gasteiger partial charge < -0.3 is 14.6 Å². The van der Waals surface area contributed by atoms with Crippen LogP contribution >= 0.6 is 43.5 Å². The van der Waals surface area contributed by atoms with Gasteiger partial charge in [0, 0.05) is 16.1 Å². The van der Waals surface area contributed by atoms with E-state index in [1.807, 2.05) is 0 Å². The first-order valence-electron chi connectivity index (χ1n) is 7.21. The third-order valence-electron chi connectivity index (χ3n) is 3.56. The summed E-state index contributed by atoms with van der Waals surface area (Å²) in [7, 11) is 0. The van der Waals surface area contributed by atoms with E-state index in [2.05, 4.69) is 31.9 Å². The lowest BCUT2D eigenvalue weighted by Gasteiger charge is -2.27. The van der Waals surface area contributed by atoms with Gasteiger partial charge in [-0.15, -0.1) is 0 Å². The molecule has 0 saturated carbocycles. The number of carbonyl (C=O) groups is 1. The average Bonchev–Trinajstić information content (AvgIpc) is 2.55. The Bertz CT molecular complexity index is 960. The number of fused-ring (bicyclic) bond motifs is 1. The van der Waals surface area contributed by atoms with Gasteiger partial charge in [-0.1, -0.05) is 27.5 Å². The monoisotopic (exact) mass is 526 g/mol. The summed E-state index contributed by atoms with van der Waals surface area (Å²) in [5.74, 6) is -1.47. The molecular weight excluding hydrogens is 520 g/mol. The molecule has 3 rings (SSSR count). The molecule has 0 radical (unpaired) electrons. The summed E-state index contributed by atoms with van der Waals surface area (Å²) in [6, 6.07) is 7.55. The van der Waals surface area contributed by atoms with E-state index in [1.165, 1.54) is 12.1 Å². The average molecular weight is 529 g/mol. The quantitative estimate of drug-likeness (QED) is 0.498. The highest BCUT2D eigenvalue weighted by Crippen LogP contribution is 2.43. The van der Waals surface area contributed by atoms with Crippen LogP contribution in [0.25, 0.3) is 6.08 Å². The van der Waals surface area contributed by atoms with E-state index < -0.39 is 23.8 Å². The molecule has 1 atom stereocenters. The molecule has 1 aliphatic rings. The molecule has 1 aliphatic heterocycles. The first kappa shape index (κ1) is 20.0. The fraction of sp³-hybridized carbons (Fsp3) is 0.118. The van der Waals surface area contributed by atoms with Crippen molar-refractivity contribution in [3.63, 3.8) is 0 Å². The number of ether oxygens (including phenoxy) is 2. The van der Waals surface area contributed by atoms with Crippen molar-refractivity contribution in [3.8, 4) is 17.2 Å². The molecule has 0 spiro atoms. The molecule has 0 aromatic heterocycles. The number of benzene rings is 2. The summed E-state index contributed by atoms with van der Waals surface area (Å²) in [6.45, 7) is 0. The third-order valence-corrected chi connectivity index (χ3v) is 4.97. The molecule has 2 aromatic rings. The molecule has 0 fully saturated rings. The number of alkyl halides is 3. The van der Waals surface area contributed by atoms with Crippen LogP contribution in [0.4, 0.5) is 13.2 Å². The molecule has 2 aromatic carbocycles. The van der Waals surface area contributed by atoms with E-state index in [9.17, 15) is 18.0 Å². The van der Waals surface area contributed by atoms with Crippen molar-refractivity contribution in [1.29, 1.82) is 0 Å². The second-order valence-corrected chi connectivity index (χ2v) is 7.62. The fourth-order valence-electron chi connectivity index (χ4n) is 2.37. The summed E-state index contributed by atoms with van der Waals surface area (Å²) in [5.41, 5.74) is -0.810. The molecular formula is C17H8Br2ClF3O4. The zero-order chi connectivity index (χ0) is 19.9. The van der Waals surface area contributed by atoms with Crippen LogP contribution < -0.4 is 9.47 Å². The van der Waals surface area contributed by atoms with Gasteiger partial charge in [0.15, 0.2) is 0 Å². The Labute approximate surface area is 172 Å². The molecule has 1 unspecified atom stereocenters. The SMILES string of the molecule is O=C(O)C1=Cc2cc(Cl)c(Oc3ccc(Br)cc3Br)cc2OC1C(F)(F)F. The van der Waals surface area contributed by atoms with Gasteiger partial charge in [-0.3, -0.25) is 0 Å². The summed E-state index contributed by atoms with van der Waals surface area (Å²) < 4.78 is 51.5. The molecule has 27 heavy (non-hydrogen) atoms. The predicted octanol–water partition coefficient (Wildman–Crippen LogP) is 6.45. The summed E-state index contributed by atoms with van der Waals surface area (Å²) in [6.07, 6.45) is -6.59. The van der Waals surface area contributed by atoms with E-state index >= 15 is 0 Å². The molecule has 142 valence electrons. The van der Waals surface area contributed by atoms with Gasteiger partial charge in [-0.25, -0.2) is 4.79 Å². The number of hydrogen-bond donors (Lipinski definition) is 1. The number of hydrogen-bond acceptors (Lipinski definition) is 3. The lowest BCUT2D eigenvalue weighted by Crippen LogP contribution is -2.40. The van der Waals surface area contributed by atoms with Crippen LogP contribution in [-0.4, -0.2) is 23.4 Å². The predicted molar refractivity (Wildman–Crippen MR) is 99.5 cm³/mol. The van der Waals surface area contributed by atoms with E-state index in [4.69, 9.17) is 26.2 Å². The topological polar surface area (TPSA) is 55.8 Å². The number of halogens is 6. The van der Waals surface area contributed by atoms with E-state index in [0.29, 0.717) is 10.2 Å². The van der Waals surface area contributed by atoms with E-state index in [0.717, 1.165) is 10.5 Å². The lowest BCUT2D eigenvalue weighted by molar-refractivity contribution is -0.187. The minimum Gasteiger partial charge on any atom is -0.478 e. The third kappa shape index (κ3) is 4.25. The van der Waals surface area contributed by atoms with Crippen LogP contribution in [0.5, 0.6) is 17.2 Å². The van der Waals surface area contributed by atoms with E-state index in [1.54, 1.807) is 18.2 Å². The van der Waals surface area contributed by atoms with Crippen molar-refractivity contribution >= 4 is 55.5 Å². The van der Waals surface area contributed by atoms with Gasteiger partial charge in [0.1, 0.15) is 17.2 Å². The molecule has 0 saturated heterocycles. The first-order chi connectivity index (χ1) is 12.6. The summed E-state index contributed by atoms with van der Waals surface area (Å²) >= 11 is 12.8. The van der Waals surface area contributed by atoms with Crippen molar-refractivity contribution < 1.29 is 32.5 Å². The fourth-order valence-corrected chi connectivity index (χ4v) is 3.71. The maximum atomic E-state index is 13.2. The van der Waals surface area contributed by atoms with Gasteiger partial charge >= 0.3 is 12.1 Å². The van der Waals surface area contributed by atoms with Crippen molar-refractivity contribution in [3.05, 3.63) is 55.4 Å². The second kappa shape index (κ2) is 7.37. The molecule has 4 nitrogen and oxygen atoms in total. The Hall–Kier alpha value is -1.71. The number of carboxylic acids is 1. The number of aliphatic carboxylic acids is 1. The van der Waals surface area contributed by atoms with Crippen LogP contribution in [0.2, 0.25) is 5.02 Å². The largest absolute Gasteiger partial charge is 0.478 e. The highest BCUT2D eigenvalue weighted by atomic mass is 79.9. The van der Waals surface area contributed by atoms with Crippen molar-refractivity contribution in [2.24, 2.45) is 0 Å². The molecule has 1 heterocycles. The highest BCUT2D eigenvalue weighted by molar-refractivity contribution is 9.11. The molecule has 0 aliphatic carbocycles. The molecule has 1 N–H and O–H groups in total. The lowest BCUT2D eigenvalue weighted by atomic mass is 10.0. The standard InChI is InChI=1S/C17H8Br2ClF3O4/c18-8-1-2-12(10(19)5-8)26-14-6-13-7(4-11(14)20)3-9(16(24)25)15(27-13)17(21,22)23/h1-6,15H,(H,24,25). The van der Waals surface area contributed by atoms with Crippen LogP contribution in [0, 0.1) is 0 Å². The van der Waals surface area contributed by atoms with Crippen LogP contribution in [0.3, 0.4) is 0 Å². The Kier molecular flexibility index (Phi) is 5.47. The van der Waals surface area contributed by atoms with Crippen molar-refractivity contribution in [2.75, 3.05) is 0 Å². The van der Waals surface area contributed by atoms with Crippen molar-refractivity contribution in [1.82, 2.24) is 0 Å². The maximum absolute atomic E-state index is 13.2. The zero-order valence-electron chi connectivity index (χ0n) is 13.0. The Morgan fingerprint density at radius 2 is 1.89 bits per heavy atom. The van der Waals surface area contributed by atoms with Crippen LogP contribution in [0.1, 0.15) is 5.56 Å². The van der Waals surface area contributed by atoms with E-state index in [-0.39, 0.29) is 22.1 Å². The number of rotatable bonds is 3. The molecule has 0 amide bonds. The Morgan fingerprint density at radius 1 is 1.19 bits per heavy atom.